The molecule has 2 aromatic heterocycles. The lowest BCUT2D eigenvalue weighted by Crippen LogP contribution is -1.93. The van der Waals surface area contributed by atoms with Crippen LogP contribution in [0.25, 0.3) is 5.65 Å². The monoisotopic (exact) mass is 284 g/mol. The number of nitro benzene ring substituents is 1. The molecule has 21 heavy (non-hydrogen) atoms. The fourth-order valence-corrected chi connectivity index (χ4v) is 2.03. The highest BCUT2D eigenvalue weighted by molar-refractivity contribution is 5.48. The van der Waals surface area contributed by atoms with E-state index in [1.54, 1.807) is 35.8 Å². The number of nitrogens with zero attached hydrogens (tertiary/aromatic N) is 4. The molecule has 7 heteroatoms. The minimum Gasteiger partial charge on any atom is -0.457 e. The third-order valence-electron chi connectivity index (χ3n) is 3.01. The molecule has 2 heterocycles. The molecule has 7 nitrogen and oxygen atoms in total. The van der Waals surface area contributed by atoms with Crippen molar-refractivity contribution in [1.82, 2.24) is 14.6 Å². The number of ether oxygens (including phenoxy) is 1. The predicted molar refractivity (Wildman–Crippen MR) is 75.6 cm³/mol. The first-order valence-corrected chi connectivity index (χ1v) is 6.29. The molecule has 3 aromatic rings. The highest BCUT2D eigenvalue weighted by atomic mass is 16.6. The molecule has 1 aromatic carbocycles. The van der Waals surface area contributed by atoms with E-state index >= 15 is 0 Å². The van der Waals surface area contributed by atoms with E-state index in [4.69, 9.17) is 4.74 Å². The number of nitro groups is 1. The van der Waals surface area contributed by atoms with Crippen molar-refractivity contribution in [3.8, 4) is 11.5 Å². The molecule has 0 aliphatic rings. The van der Waals surface area contributed by atoms with Gasteiger partial charge in [-0.15, -0.1) is 0 Å². The molecule has 0 amide bonds. The highest BCUT2D eigenvalue weighted by Crippen LogP contribution is 2.28. The first-order chi connectivity index (χ1) is 10.0. The van der Waals surface area contributed by atoms with E-state index in [9.17, 15) is 10.1 Å². The fraction of sp³-hybridized carbons (Fsp3) is 0.143. The summed E-state index contributed by atoms with van der Waals surface area (Å²) in [6.07, 6.45) is 1.76. The number of aromatic nitrogens is 3. The minimum absolute atomic E-state index is 0.0448. The van der Waals surface area contributed by atoms with E-state index in [2.05, 4.69) is 10.1 Å². The van der Waals surface area contributed by atoms with E-state index in [1.807, 2.05) is 6.92 Å². The molecule has 0 saturated heterocycles. The molecular weight excluding hydrogens is 272 g/mol. The molecule has 0 unspecified atom stereocenters. The molecule has 0 aliphatic carbocycles. The molecule has 0 fully saturated rings. The summed E-state index contributed by atoms with van der Waals surface area (Å²) in [6.45, 7) is 3.58. The van der Waals surface area contributed by atoms with Gasteiger partial charge in [0.1, 0.15) is 17.3 Å². The summed E-state index contributed by atoms with van der Waals surface area (Å²) < 4.78 is 7.42. The SMILES string of the molecule is Cc1nc2cc(Oc3ccc([N+](=O)[O-])cc3C)ccn2n1. The Morgan fingerprint density at radius 3 is 2.76 bits per heavy atom. The van der Waals surface area contributed by atoms with Gasteiger partial charge in [0.2, 0.25) is 0 Å². The largest absolute Gasteiger partial charge is 0.457 e. The van der Waals surface area contributed by atoms with Crippen molar-refractivity contribution in [3.05, 3.63) is 58.0 Å². The number of benzene rings is 1. The number of hydrogen-bond acceptors (Lipinski definition) is 5. The van der Waals surface area contributed by atoms with Gasteiger partial charge in [0.05, 0.1) is 4.92 Å². The number of pyridine rings is 1. The first kappa shape index (κ1) is 13.0. The van der Waals surface area contributed by atoms with Gasteiger partial charge in [-0.2, -0.15) is 5.10 Å². The van der Waals surface area contributed by atoms with Crippen LogP contribution < -0.4 is 4.74 Å². The normalized spacial score (nSPS) is 10.8. The summed E-state index contributed by atoms with van der Waals surface area (Å²) in [5.41, 5.74) is 1.43. The van der Waals surface area contributed by atoms with Crippen molar-refractivity contribution in [2.45, 2.75) is 13.8 Å². The molecule has 106 valence electrons. The summed E-state index contributed by atoms with van der Waals surface area (Å²) in [6, 6.07) is 8.02. The molecule has 0 saturated carbocycles. The number of fused-ring (bicyclic) bond motifs is 1. The fourth-order valence-electron chi connectivity index (χ4n) is 2.03. The van der Waals surface area contributed by atoms with Crippen molar-refractivity contribution >= 4 is 11.3 Å². The minimum atomic E-state index is -0.429. The Hall–Kier alpha value is -2.96. The Bertz CT molecular complexity index is 841. The number of non-ortho nitro benzene ring substituents is 1. The zero-order chi connectivity index (χ0) is 15.0. The zero-order valence-electron chi connectivity index (χ0n) is 11.5. The van der Waals surface area contributed by atoms with E-state index in [0.717, 1.165) is 0 Å². The Morgan fingerprint density at radius 2 is 2.05 bits per heavy atom. The molecule has 0 radical (unpaired) electrons. The second kappa shape index (κ2) is 4.86. The summed E-state index contributed by atoms with van der Waals surface area (Å²) in [4.78, 5) is 14.5. The summed E-state index contributed by atoms with van der Waals surface area (Å²) in [7, 11) is 0. The van der Waals surface area contributed by atoms with Gasteiger partial charge >= 0.3 is 0 Å². The van der Waals surface area contributed by atoms with Gasteiger partial charge in [0.15, 0.2) is 5.65 Å². The van der Waals surface area contributed by atoms with Crippen molar-refractivity contribution in [2.24, 2.45) is 0 Å². The number of aryl methyl sites for hydroxylation is 2. The number of rotatable bonds is 3. The molecule has 0 atom stereocenters. The summed E-state index contributed by atoms with van der Waals surface area (Å²) in [5.74, 6) is 1.85. The molecule has 3 rings (SSSR count). The van der Waals surface area contributed by atoms with Crippen LogP contribution in [0.2, 0.25) is 0 Å². The Morgan fingerprint density at radius 1 is 1.24 bits per heavy atom. The average Bonchev–Trinajstić information content (AvgIpc) is 2.80. The summed E-state index contributed by atoms with van der Waals surface area (Å²) in [5, 5.41) is 14.9. The average molecular weight is 284 g/mol. The topological polar surface area (TPSA) is 82.6 Å². The lowest BCUT2D eigenvalue weighted by atomic mass is 10.2. The van der Waals surface area contributed by atoms with Gasteiger partial charge in [0.25, 0.3) is 5.69 Å². The predicted octanol–water partition coefficient (Wildman–Crippen LogP) is 3.05. The van der Waals surface area contributed by atoms with Gasteiger partial charge in [-0.05, 0) is 31.5 Å². The van der Waals surface area contributed by atoms with Crippen LogP contribution >= 0.6 is 0 Å². The zero-order valence-corrected chi connectivity index (χ0v) is 11.5. The second-order valence-corrected chi connectivity index (χ2v) is 4.63. The molecular formula is C14H12N4O3. The third-order valence-corrected chi connectivity index (χ3v) is 3.01. The van der Waals surface area contributed by atoms with Crippen molar-refractivity contribution < 1.29 is 9.66 Å². The molecule has 0 spiro atoms. The van der Waals surface area contributed by atoms with Crippen LogP contribution in [-0.4, -0.2) is 19.5 Å². The Balaban J connectivity index is 1.92. The van der Waals surface area contributed by atoms with Crippen molar-refractivity contribution in [3.63, 3.8) is 0 Å². The van der Waals surface area contributed by atoms with Gasteiger partial charge < -0.3 is 4.74 Å². The second-order valence-electron chi connectivity index (χ2n) is 4.63. The van der Waals surface area contributed by atoms with E-state index in [0.29, 0.717) is 28.5 Å². The van der Waals surface area contributed by atoms with Gasteiger partial charge in [-0.1, -0.05) is 0 Å². The van der Waals surface area contributed by atoms with Gasteiger partial charge in [0, 0.05) is 24.4 Å². The number of hydrogen-bond donors (Lipinski definition) is 0. The van der Waals surface area contributed by atoms with E-state index in [1.165, 1.54) is 12.1 Å². The lowest BCUT2D eigenvalue weighted by Gasteiger charge is -2.08. The van der Waals surface area contributed by atoms with Crippen LogP contribution in [0.4, 0.5) is 5.69 Å². The third kappa shape index (κ3) is 2.53. The van der Waals surface area contributed by atoms with Gasteiger partial charge in [-0.25, -0.2) is 9.50 Å². The molecule has 0 bridgehead atoms. The maximum absolute atomic E-state index is 10.7. The lowest BCUT2D eigenvalue weighted by molar-refractivity contribution is -0.384. The van der Waals surface area contributed by atoms with Crippen LogP contribution in [-0.2, 0) is 0 Å². The molecule has 0 N–H and O–H groups in total. The molecule has 0 aliphatic heterocycles. The van der Waals surface area contributed by atoms with Crippen molar-refractivity contribution in [1.29, 1.82) is 0 Å². The first-order valence-electron chi connectivity index (χ1n) is 6.29. The standard InChI is InChI=1S/C14H12N4O3/c1-9-7-11(18(19)20)3-4-13(9)21-12-5-6-17-14(8-12)15-10(2)16-17/h3-8H,1-2H3. The van der Waals surface area contributed by atoms with Crippen LogP contribution in [0, 0.1) is 24.0 Å². The van der Waals surface area contributed by atoms with Crippen LogP contribution in [0.1, 0.15) is 11.4 Å². The van der Waals surface area contributed by atoms with E-state index < -0.39 is 4.92 Å². The van der Waals surface area contributed by atoms with Crippen LogP contribution in [0.5, 0.6) is 11.5 Å². The van der Waals surface area contributed by atoms with Gasteiger partial charge in [-0.3, -0.25) is 10.1 Å². The maximum atomic E-state index is 10.7. The summed E-state index contributed by atoms with van der Waals surface area (Å²) >= 11 is 0. The Labute approximate surface area is 120 Å². The maximum Gasteiger partial charge on any atom is 0.269 e. The highest BCUT2D eigenvalue weighted by Gasteiger charge is 2.10. The smallest absolute Gasteiger partial charge is 0.269 e. The van der Waals surface area contributed by atoms with Crippen LogP contribution in [0.3, 0.4) is 0 Å². The van der Waals surface area contributed by atoms with Crippen LogP contribution in [0.15, 0.2) is 36.5 Å². The quantitative estimate of drug-likeness (QED) is 0.545. The van der Waals surface area contributed by atoms with E-state index in [-0.39, 0.29) is 5.69 Å². The van der Waals surface area contributed by atoms with Crippen molar-refractivity contribution in [2.75, 3.05) is 0 Å². The Kier molecular flexibility index (Phi) is 3.02.